The van der Waals surface area contributed by atoms with Crippen LogP contribution in [0.25, 0.3) is 5.73 Å². The topological polar surface area (TPSA) is 353 Å². The third-order valence-corrected chi connectivity index (χ3v) is 8.11. The molecule has 0 saturated heterocycles. The Balaban J connectivity index is -0.0000000440. The summed E-state index contributed by atoms with van der Waals surface area (Å²) in [6.45, 7) is 29.3. The fourth-order valence-corrected chi connectivity index (χ4v) is 4.30. The number of likely N-dealkylation sites (N-methyl/N-ethyl adjacent to an activating group) is 1. The van der Waals surface area contributed by atoms with Gasteiger partial charge in [0.05, 0.1) is 40.2 Å². The Labute approximate surface area is 670 Å². The van der Waals surface area contributed by atoms with E-state index in [1.165, 1.54) is 16.3 Å². The van der Waals surface area contributed by atoms with Crippen LogP contribution in [-0.2, 0) is 66.2 Å². The third kappa shape index (κ3) is 157. The maximum absolute atomic E-state index is 10.8. The molecule has 81 heavy (non-hydrogen) atoms. The molecule has 0 heterocycles. The van der Waals surface area contributed by atoms with Crippen molar-refractivity contribution in [1.29, 1.82) is 0 Å². The number of carboxylic acids is 5. The van der Waals surface area contributed by atoms with Crippen molar-refractivity contribution in [1.82, 2.24) is 35.6 Å². The number of aliphatic hydroxyl groups is 3. The molecule has 0 aromatic carbocycles. The molecule has 0 saturated carbocycles. The van der Waals surface area contributed by atoms with E-state index in [9.17, 15) is 49.5 Å². The van der Waals surface area contributed by atoms with Crippen LogP contribution in [0.1, 0.15) is 109 Å². The van der Waals surface area contributed by atoms with Gasteiger partial charge in [-0.2, -0.15) is 0 Å². The number of halogens is 3. The van der Waals surface area contributed by atoms with E-state index in [0.717, 1.165) is 71.6 Å². The molecule has 7 N–H and O–H groups in total. The van der Waals surface area contributed by atoms with E-state index in [2.05, 4.69) is 126 Å². The van der Waals surface area contributed by atoms with Gasteiger partial charge in [-0.05, 0) is 78.3 Å². The second-order valence-corrected chi connectivity index (χ2v) is 19.6. The molecule has 23 nitrogen and oxygen atoms in total. The Morgan fingerprint density at radius 2 is 0.852 bits per heavy atom. The Hall–Kier alpha value is 5.12. The molecule has 1 radical (unpaired) electrons. The van der Waals surface area contributed by atoms with Gasteiger partial charge in [-0.25, -0.2) is 0 Å². The molecule has 32 heteroatoms. The van der Waals surface area contributed by atoms with Crippen LogP contribution >= 0.6 is 67.8 Å². The molecule has 465 valence electrons. The van der Waals surface area contributed by atoms with Crippen molar-refractivity contribution in [3.05, 3.63) is 5.73 Å². The average molecular weight is 1640 g/mol. The Bertz CT molecular complexity index is 1120. The Kier molecular flexibility index (Phi) is 192. The monoisotopic (exact) mass is 1630 g/mol. The molecule has 0 amide bonds. The summed E-state index contributed by atoms with van der Waals surface area (Å²) in [5, 5.41) is 83.6. The van der Waals surface area contributed by atoms with Gasteiger partial charge in [0.2, 0.25) is 0 Å². The fourth-order valence-electron chi connectivity index (χ4n) is 4.30. The number of nitrogens with one attached hydrogen (secondary N) is 4. The summed E-state index contributed by atoms with van der Waals surface area (Å²) < 4.78 is 10.8. The van der Waals surface area contributed by atoms with Crippen molar-refractivity contribution in [2.75, 3.05) is 166 Å². The number of carbonyl (C=O) groups excluding carboxylic acids is 5. The molecular weight excluding hydrogens is 1530 g/mol. The SMILES string of the molecule is C.C.CC(C)N(CC[NH-])CCNCCO.CCC(=O)[O-].CCC(=O)[O-].CCCO.CCCO.CCCOCC(=O)[O-].CI.COCCN(CCNCCN(CCNCCN(C)CC(=O)[O-])C(C)C)CC(=O)[O-].ICI.[Na+].[Na+].[Na+].[Na+].[Na+].[Y]. The molecule has 0 aliphatic carbocycles. The minimum Gasteiger partial charge on any atom is -0.676 e. The van der Waals surface area contributed by atoms with Crippen LogP contribution in [0.2, 0.25) is 0 Å². The number of rotatable bonds is 36. The average Bonchev–Trinajstić information content (AvgIpc) is 3.34. The smallest absolute Gasteiger partial charge is 0.676 e. The maximum Gasteiger partial charge on any atom is 1.00 e. The summed E-state index contributed by atoms with van der Waals surface area (Å²) >= 11 is 6.70. The molecule has 0 rings (SSSR count). The molecular formula is C49H109I3N8Na5O15Y-. The molecule has 0 spiro atoms. The van der Waals surface area contributed by atoms with E-state index in [1.54, 1.807) is 24.0 Å². The van der Waals surface area contributed by atoms with Crippen LogP contribution in [0.5, 0.6) is 0 Å². The predicted molar refractivity (Wildman–Crippen MR) is 322 cm³/mol. The van der Waals surface area contributed by atoms with Gasteiger partial charge >= 0.3 is 148 Å². The van der Waals surface area contributed by atoms with Gasteiger partial charge in [0, 0.05) is 175 Å². The maximum atomic E-state index is 10.8. The Morgan fingerprint density at radius 1 is 0.531 bits per heavy atom. The summed E-state index contributed by atoms with van der Waals surface area (Å²) in [5.41, 5.74) is 7.14. The standard InChI is InChI=1S/C19H41N5O5.C9H22N3O.C5H10O3.2C3H6O2.2C3H8O.CH2I2.CH3I.2CH4.5Na.Y/c1-17(2)24(11-7-20-5-9-22(3)15-18(25)26)12-8-21-6-10-23(13-14-29-4)16-19(27)28;1-9(2)12(6-3-10)7-4-11-5-8-13;1-2-3-8-4-5(6)7;2*1-2-3(4)5;2*1-2-3-4;2-1-3;1-2;;;;;;;;/h17,20-21H,5-16H2,1-4H3,(H,25,26)(H,27,28);9-11,13H,3-8H2,1-2H3;2-4H2,1H3,(H,6,7);2*2H2,1H3,(H,4,5);2*4H,2-3H2,1H3;1H2;1H3;2*1H4;;;;;;/q;-1;;;;;;;;;;5*+1;/p-5. The number of aliphatic hydroxyl groups excluding tert-OH is 3. The minimum absolute atomic E-state index is 0. The van der Waals surface area contributed by atoms with Crippen molar-refractivity contribution in [3.63, 3.8) is 0 Å². The third-order valence-electron chi connectivity index (χ3n) is 8.11. The van der Waals surface area contributed by atoms with Crippen LogP contribution in [0.4, 0.5) is 0 Å². The van der Waals surface area contributed by atoms with E-state index in [4.69, 9.17) is 25.8 Å². The minimum atomic E-state index is -1.15. The first-order valence-electron chi connectivity index (χ1n) is 24.6. The first-order valence-corrected chi connectivity index (χ1v) is 29.8. The van der Waals surface area contributed by atoms with E-state index in [1.807, 2.05) is 25.7 Å². The molecule has 0 unspecified atom stereocenters. The van der Waals surface area contributed by atoms with Gasteiger partial charge < -0.3 is 101 Å². The van der Waals surface area contributed by atoms with E-state index >= 15 is 0 Å². The zero-order valence-corrected chi connectivity index (χ0v) is 71.5. The molecule has 0 atom stereocenters. The van der Waals surface area contributed by atoms with Crippen molar-refractivity contribution < 1.29 is 255 Å². The van der Waals surface area contributed by atoms with Gasteiger partial charge in [-0.3, -0.25) is 14.7 Å². The zero-order valence-electron chi connectivity index (χ0n) is 52.2. The largest absolute Gasteiger partial charge is 1.00 e. The number of methoxy groups -OCH3 is 1. The van der Waals surface area contributed by atoms with Crippen LogP contribution in [-0.4, -0.2) is 243 Å². The first-order chi connectivity index (χ1) is 34.5. The quantitative estimate of drug-likeness (QED) is 0.0147. The molecule has 0 bridgehead atoms. The van der Waals surface area contributed by atoms with Crippen molar-refractivity contribution in [2.45, 2.75) is 121 Å². The van der Waals surface area contributed by atoms with Crippen LogP contribution in [0, 0.1) is 0 Å². The number of carboxylic acid groups (broad SMARTS) is 5. The van der Waals surface area contributed by atoms with Crippen molar-refractivity contribution >= 4 is 97.6 Å². The number of aliphatic carboxylic acids is 5. The van der Waals surface area contributed by atoms with E-state index < -0.39 is 29.8 Å². The molecule has 0 fully saturated rings. The summed E-state index contributed by atoms with van der Waals surface area (Å²) in [4.78, 5) is 59.6. The van der Waals surface area contributed by atoms with Gasteiger partial charge in [0.25, 0.3) is 0 Å². The van der Waals surface area contributed by atoms with Crippen LogP contribution < -0.4 is 189 Å². The second kappa shape index (κ2) is 119. The van der Waals surface area contributed by atoms with Crippen LogP contribution in [0.15, 0.2) is 0 Å². The van der Waals surface area contributed by atoms with Gasteiger partial charge in [0.15, 0.2) is 0 Å². The van der Waals surface area contributed by atoms with Gasteiger partial charge in [-0.1, -0.05) is 117 Å². The molecule has 0 aromatic rings. The second-order valence-electron chi connectivity index (χ2n) is 15.2. The van der Waals surface area contributed by atoms with Gasteiger partial charge in [-0.15, -0.1) is 6.54 Å². The molecule has 0 aromatic heterocycles. The number of nitrogens with zero attached hydrogens (tertiary/aromatic N) is 4. The van der Waals surface area contributed by atoms with Gasteiger partial charge in [0.1, 0.15) is 0 Å². The fraction of sp³-hybridized carbons (Fsp3) is 0.898. The van der Waals surface area contributed by atoms with Crippen molar-refractivity contribution in [3.8, 4) is 0 Å². The number of ether oxygens (including phenoxy) is 2. The summed E-state index contributed by atoms with van der Waals surface area (Å²) in [7, 11) is 3.35. The van der Waals surface area contributed by atoms with E-state index in [0.29, 0.717) is 77.8 Å². The molecule has 0 aliphatic heterocycles. The Morgan fingerprint density at radius 3 is 1.11 bits per heavy atom. The normalized spacial score (nSPS) is 8.95. The zero-order chi connectivity index (χ0) is 58.7. The summed E-state index contributed by atoms with van der Waals surface area (Å²) in [5.74, 6) is -5.29. The summed E-state index contributed by atoms with van der Waals surface area (Å²) in [6, 6.07) is 0.914. The number of alkyl halides is 3. The number of hydrogen-bond donors (Lipinski definition) is 6. The first kappa shape index (κ1) is 131. The van der Waals surface area contributed by atoms with Crippen LogP contribution in [0.3, 0.4) is 0 Å². The predicted octanol–water partition coefficient (Wildman–Crippen LogP) is -16.0. The van der Waals surface area contributed by atoms with Crippen molar-refractivity contribution in [2.24, 2.45) is 0 Å². The van der Waals surface area contributed by atoms with E-state index in [-0.39, 0.29) is 234 Å². The molecule has 0 aliphatic rings. The summed E-state index contributed by atoms with van der Waals surface area (Å²) in [6.07, 6.45) is 2.81. The number of hydrogen-bond acceptors (Lipinski definition) is 22. The number of carbonyl (C=O) groups is 5.